The predicted octanol–water partition coefficient (Wildman–Crippen LogP) is 1.28. The van der Waals surface area contributed by atoms with Crippen LogP contribution in [0.2, 0.25) is 0 Å². The average Bonchev–Trinajstić information content (AvgIpc) is 2.96. The Hall–Kier alpha value is -1.84. The maximum absolute atomic E-state index is 12.3. The van der Waals surface area contributed by atoms with E-state index in [4.69, 9.17) is 0 Å². The number of rotatable bonds is 4. The highest BCUT2D eigenvalue weighted by Crippen LogP contribution is 2.17. The molecule has 0 amide bonds. The third kappa shape index (κ3) is 2.80. The number of aryl methyl sites for hydroxylation is 2. The highest BCUT2D eigenvalue weighted by atomic mass is 32.2. The molecule has 3 aromatic rings. The zero-order valence-electron chi connectivity index (χ0n) is 11.4. The Balaban J connectivity index is 1.81. The first-order chi connectivity index (χ1) is 9.95. The third-order valence-corrected chi connectivity index (χ3v) is 5.44. The van der Waals surface area contributed by atoms with Crippen LogP contribution in [0.25, 0.3) is 4.96 Å². The summed E-state index contributed by atoms with van der Waals surface area (Å²) >= 11 is 1.30. The third-order valence-electron chi connectivity index (χ3n) is 2.96. The summed E-state index contributed by atoms with van der Waals surface area (Å²) in [6.07, 6.45) is 1.48. The SMILES string of the molecule is Cc1ccc(S(=O)(=O)NCc2nn3cnnc3s2)c(C)c1. The molecule has 1 aromatic carbocycles. The van der Waals surface area contributed by atoms with Gasteiger partial charge in [0.25, 0.3) is 0 Å². The fourth-order valence-electron chi connectivity index (χ4n) is 2.01. The first-order valence-electron chi connectivity index (χ1n) is 6.18. The number of benzene rings is 1. The maximum atomic E-state index is 12.3. The number of nitrogens with one attached hydrogen (secondary N) is 1. The van der Waals surface area contributed by atoms with E-state index in [0.717, 1.165) is 11.1 Å². The molecule has 0 fully saturated rings. The van der Waals surface area contributed by atoms with Crippen molar-refractivity contribution in [2.24, 2.45) is 0 Å². The lowest BCUT2D eigenvalue weighted by Gasteiger charge is -2.08. The molecule has 0 unspecified atom stereocenters. The maximum Gasteiger partial charge on any atom is 0.241 e. The van der Waals surface area contributed by atoms with E-state index in [1.165, 1.54) is 22.2 Å². The first kappa shape index (κ1) is 14.1. The van der Waals surface area contributed by atoms with Crippen molar-refractivity contribution in [2.75, 3.05) is 0 Å². The van der Waals surface area contributed by atoms with Gasteiger partial charge in [-0.2, -0.15) is 9.61 Å². The van der Waals surface area contributed by atoms with E-state index in [2.05, 4.69) is 20.0 Å². The second-order valence-electron chi connectivity index (χ2n) is 4.65. The molecule has 0 spiro atoms. The number of aromatic nitrogens is 4. The van der Waals surface area contributed by atoms with Crippen molar-refractivity contribution in [1.82, 2.24) is 24.5 Å². The molecular formula is C12H13N5O2S2. The van der Waals surface area contributed by atoms with Gasteiger partial charge in [-0.25, -0.2) is 13.1 Å². The summed E-state index contributed by atoms with van der Waals surface area (Å²) in [6, 6.07) is 5.24. The fraction of sp³-hybridized carbons (Fsp3) is 0.250. The van der Waals surface area contributed by atoms with E-state index in [0.29, 0.717) is 9.97 Å². The average molecular weight is 323 g/mol. The van der Waals surface area contributed by atoms with Gasteiger partial charge in [-0.3, -0.25) is 0 Å². The molecule has 0 saturated heterocycles. The van der Waals surface area contributed by atoms with E-state index < -0.39 is 10.0 Å². The largest absolute Gasteiger partial charge is 0.241 e. The molecule has 0 bridgehead atoms. The van der Waals surface area contributed by atoms with Crippen molar-refractivity contribution in [1.29, 1.82) is 0 Å². The zero-order chi connectivity index (χ0) is 15.0. The second kappa shape index (κ2) is 5.17. The standard InChI is InChI=1S/C12H13N5O2S2/c1-8-3-4-10(9(2)5-8)21(18,19)14-6-11-16-17-7-13-15-12(17)20-11/h3-5,7,14H,6H2,1-2H3. The van der Waals surface area contributed by atoms with Gasteiger partial charge in [0.2, 0.25) is 15.0 Å². The van der Waals surface area contributed by atoms with Crippen LogP contribution in [-0.2, 0) is 16.6 Å². The van der Waals surface area contributed by atoms with Crippen molar-refractivity contribution in [3.8, 4) is 0 Å². The Morgan fingerprint density at radius 3 is 2.86 bits per heavy atom. The van der Waals surface area contributed by atoms with Gasteiger partial charge in [-0.1, -0.05) is 29.0 Å². The molecule has 3 rings (SSSR count). The molecule has 9 heteroatoms. The van der Waals surface area contributed by atoms with Crippen molar-refractivity contribution >= 4 is 26.3 Å². The molecule has 2 heterocycles. The summed E-state index contributed by atoms with van der Waals surface area (Å²) < 4.78 is 28.7. The monoisotopic (exact) mass is 323 g/mol. The Morgan fingerprint density at radius 1 is 1.33 bits per heavy atom. The quantitative estimate of drug-likeness (QED) is 0.781. The minimum Gasteiger partial charge on any atom is -0.207 e. The van der Waals surface area contributed by atoms with Crippen LogP contribution < -0.4 is 4.72 Å². The van der Waals surface area contributed by atoms with Gasteiger partial charge in [-0.15, -0.1) is 10.2 Å². The molecule has 1 N–H and O–H groups in total. The summed E-state index contributed by atoms with van der Waals surface area (Å²) in [6.45, 7) is 3.84. The van der Waals surface area contributed by atoms with Crippen LogP contribution in [0.1, 0.15) is 16.1 Å². The highest BCUT2D eigenvalue weighted by Gasteiger charge is 2.17. The molecule has 0 aliphatic heterocycles. The Kier molecular flexibility index (Phi) is 3.47. The second-order valence-corrected chi connectivity index (χ2v) is 7.42. The summed E-state index contributed by atoms with van der Waals surface area (Å²) in [5.74, 6) is 0. The van der Waals surface area contributed by atoms with Crippen LogP contribution in [0.15, 0.2) is 29.4 Å². The Bertz CT molecular complexity index is 869. The van der Waals surface area contributed by atoms with Crippen LogP contribution in [0.5, 0.6) is 0 Å². The van der Waals surface area contributed by atoms with Crippen molar-refractivity contribution in [3.05, 3.63) is 40.7 Å². The number of nitrogens with zero attached hydrogens (tertiary/aromatic N) is 4. The van der Waals surface area contributed by atoms with Crippen LogP contribution in [0.4, 0.5) is 0 Å². The molecule has 21 heavy (non-hydrogen) atoms. The minimum absolute atomic E-state index is 0.129. The van der Waals surface area contributed by atoms with E-state index in [1.807, 2.05) is 13.0 Å². The van der Waals surface area contributed by atoms with Gasteiger partial charge in [-0.05, 0) is 25.5 Å². The number of sulfonamides is 1. The van der Waals surface area contributed by atoms with E-state index in [9.17, 15) is 8.42 Å². The van der Waals surface area contributed by atoms with Gasteiger partial charge in [0.1, 0.15) is 11.3 Å². The highest BCUT2D eigenvalue weighted by molar-refractivity contribution is 7.89. The number of hydrogen-bond acceptors (Lipinski definition) is 6. The van der Waals surface area contributed by atoms with Crippen LogP contribution in [0, 0.1) is 13.8 Å². The lowest BCUT2D eigenvalue weighted by molar-refractivity contribution is 0.580. The molecule has 0 saturated carbocycles. The van der Waals surface area contributed by atoms with Gasteiger partial charge in [0.15, 0.2) is 0 Å². The number of hydrogen-bond donors (Lipinski definition) is 1. The lowest BCUT2D eigenvalue weighted by Crippen LogP contribution is -2.24. The predicted molar refractivity (Wildman–Crippen MR) is 78.6 cm³/mol. The summed E-state index contributed by atoms with van der Waals surface area (Å²) in [5, 5.41) is 12.4. The van der Waals surface area contributed by atoms with Crippen LogP contribution >= 0.6 is 11.3 Å². The smallest absolute Gasteiger partial charge is 0.207 e. The van der Waals surface area contributed by atoms with Crippen molar-refractivity contribution in [2.45, 2.75) is 25.3 Å². The van der Waals surface area contributed by atoms with E-state index in [-0.39, 0.29) is 11.4 Å². The molecule has 2 aromatic heterocycles. The minimum atomic E-state index is -3.56. The fourth-order valence-corrected chi connectivity index (χ4v) is 4.06. The first-order valence-corrected chi connectivity index (χ1v) is 8.48. The van der Waals surface area contributed by atoms with Gasteiger partial charge < -0.3 is 0 Å². The van der Waals surface area contributed by atoms with Crippen molar-refractivity contribution < 1.29 is 8.42 Å². The summed E-state index contributed by atoms with van der Waals surface area (Å²) in [7, 11) is -3.56. The van der Waals surface area contributed by atoms with Crippen molar-refractivity contribution in [3.63, 3.8) is 0 Å². The molecule has 0 aliphatic carbocycles. The topological polar surface area (TPSA) is 89.2 Å². The van der Waals surface area contributed by atoms with Gasteiger partial charge in [0.05, 0.1) is 11.4 Å². The number of fused-ring (bicyclic) bond motifs is 1. The molecule has 0 radical (unpaired) electrons. The molecular weight excluding hydrogens is 310 g/mol. The summed E-state index contributed by atoms with van der Waals surface area (Å²) in [5.41, 5.74) is 1.75. The lowest BCUT2D eigenvalue weighted by atomic mass is 10.2. The summed E-state index contributed by atoms with van der Waals surface area (Å²) in [4.78, 5) is 0.923. The molecule has 0 aliphatic rings. The van der Waals surface area contributed by atoms with Gasteiger partial charge >= 0.3 is 0 Å². The van der Waals surface area contributed by atoms with Gasteiger partial charge in [0, 0.05) is 0 Å². The van der Waals surface area contributed by atoms with E-state index >= 15 is 0 Å². The molecule has 0 atom stereocenters. The van der Waals surface area contributed by atoms with Crippen LogP contribution in [-0.4, -0.2) is 28.2 Å². The zero-order valence-corrected chi connectivity index (χ0v) is 13.1. The Morgan fingerprint density at radius 2 is 2.14 bits per heavy atom. The Labute approximate surface area is 125 Å². The van der Waals surface area contributed by atoms with E-state index in [1.54, 1.807) is 19.1 Å². The molecule has 110 valence electrons. The van der Waals surface area contributed by atoms with Crippen LogP contribution in [0.3, 0.4) is 0 Å². The normalized spacial score (nSPS) is 12.1. The molecule has 7 nitrogen and oxygen atoms in total.